The van der Waals surface area contributed by atoms with E-state index in [0.717, 1.165) is 23.5 Å². The van der Waals surface area contributed by atoms with E-state index in [4.69, 9.17) is 0 Å². The van der Waals surface area contributed by atoms with E-state index >= 15 is 0 Å². The molecule has 0 bridgehead atoms. The molecular formula is C24H33OS+. The van der Waals surface area contributed by atoms with E-state index in [1.807, 2.05) is 12.1 Å². The maximum Gasteiger partial charge on any atom is 0.362 e. The second-order valence-corrected chi connectivity index (χ2v) is 9.23. The standard InChI is InChI=1S/C24H33OS/c1-4-5-6-7-8-12-17-26(19-22-13-10-9-11-14-22)24(25)23-16-15-20(2)21(3)18-23/h9-11,13-16,18H,4-8,12,17,19H2,1-3H3/q+1. The summed E-state index contributed by atoms with van der Waals surface area (Å²) in [7, 11) is -0.232. The molecule has 0 aliphatic rings. The summed E-state index contributed by atoms with van der Waals surface area (Å²) in [5, 5.41) is 0.338. The van der Waals surface area contributed by atoms with E-state index < -0.39 is 0 Å². The van der Waals surface area contributed by atoms with Gasteiger partial charge in [-0.3, -0.25) is 0 Å². The SMILES string of the molecule is CCCCCCCC[S+](Cc1ccccc1)C(=O)c1ccc(C)c(C)c1. The molecule has 2 aromatic carbocycles. The van der Waals surface area contributed by atoms with Gasteiger partial charge in [0.1, 0.15) is 11.5 Å². The average Bonchev–Trinajstić information content (AvgIpc) is 2.66. The number of carbonyl (C=O) groups excluding carboxylic acids is 1. The Bertz CT molecular complexity index is 678. The van der Waals surface area contributed by atoms with Crippen LogP contribution >= 0.6 is 0 Å². The Hall–Kier alpha value is -1.54. The summed E-state index contributed by atoms with van der Waals surface area (Å²) in [5.74, 6) is 1.90. The third-order valence-electron chi connectivity index (χ3n) is 4.93. The highest BCUT2D eigenvalue weighted by Gasteiger charge is 2.30. The predicted octanol–water partition coefficient (Wildman–Crippen LogP) is 6.62. The van der Waals surface area contributed by atoms with Gasteiger partial charge >= 0.3 is 5.12 Å². The Morgan fingerprint density at radius 2 is 1.54 bits per heavy atom. The van der Waals surface area contributed by atoms with Crippen molar-refractivity contribution in [2.24, 2.45) is 0 Å². The lowest BCUT2D eigenvalue weighted by Gasteiger charge is -2.09. The van der Waals surface area contributed by atoms with Crippen LogP contribution in [-0.2, 0) is 16.6 Å². The Morgan fingerprint density at radius 3 is 2.23 bits per heavy atom. The third-order valence-corrected chi connectivity index (χ3v) is 7.16. The first-order valence-corrected chi connectivity index (χ1v) is 11.5. The van der Waals surface area contributed by atoms with Gasteiger partial charge in [0.25, 0.3) is 0 Å². The van der Waals surface area contributed by atoms with Crippen LogP contribution in [0.15, 0.2) is 48.5 Å². The second-order valence-electron chi connectivity index (χ2n) is 7.18. The van der Waals surface area contributed by atoms with Gasteiger partial charge in [-0.15, -0.1) is 0 Å². The predicted molar refractivity (Wildman–Crippen MR) is 116 cm³/mol. The summed E-state index contributed by atoms with van der Waals surface area (Å²) >= 11 is 0. The molecule has 26 heavy (non-hydrogen) atoms. The molecule has 0 amide bonds. The molecule has 140 valence electrons. The van der Waals surface area contributed by atoms with Crippen molar-refractivity contribution in [1.29, 1.82) is 0 Å². The van der Waals surface area contributed by atoms with Crippen LogP contribution in [0.5, 0.6) is 0 Å². The zero-order chi connectivity index (χ0) is 18.8. The van der Waals surface area contributed by atoms with Crippen LogP contribution in [0.4, 0.5) is 0 Å². The van der Waals surface area contributed by atoms with Gasteiger partial charge in [-0.05, 0) is 49.9 Å². The van der Waals surface area contributed by atoms with Crippen molar-refractivity contribution in [3.05, 3.63) is 70.8 Å². The summed E-state index contributed by atoms with van der Waals surface area (Å²) in [6, 6.07) is 16.6. The molecule has 0 heterocycles. The van der Waals surface area contributed by atoms with Crippen LogP contribution in [0.3, 0.4) is 0 Å². The Labute approximate surface area is 162 Å². The van der Waals surface area contributed by atoms with Gasteiger partial charge in [-0.1, -0.05) is 69.0 Å². The summed E-state index contributed by atoms with van der Waals surface area (Å²) in [6.45, 7) is 6.44. The summed E-state index contributed by atoms with van der Waals surface area (Å²) in [5.41, 5.74) is 4.62. The fourth-order valence-corrected chi connectivity index (χ4v) is 5.17. The van der Waals surface area contributed by atoms with E-state index in [1.165, 1.54) is 48.8 Å². The molecule has 1 atom stereocenters. The molecule has 1 unspecified atom stereocenters. The van der Waals surface area contributed by atoms with Crippen molar-refractivity contribution >= 4 is 16.0 Å². The summed E-state index contributed by atoms with van der Waals surface area (Å²) in [6.07, 6.45) is 7.65. The monoisotopic (exact) mass is 369 g/mol. The molecule has 2 heteroatoms. The summed E-state index contributed by atoms with van der Waals surface area (Å²) in [4.78, 5) is 13.2. The van der Waals surface area contributed by atoms with E-state index in [-0.39, 0.29) is 10.9 Å². The Kier molecular flexibility index (Phi) is 8.97. The quantitative estimate of drug-likeness (QED) is 0.339. The van der Waals surface area contributed by atoms with Crippen molar-refractivity contribution in [2.45, 2.75) is 65.0 Å². The smallest absolute Gasteiger partial charge is 0.232 e. The first-order chi connectivity index (χ1) is 12.6. The fourth-order valence-electron chi connectivity index (χ4n) is 3.10. The van der Waals surface area contributed by atoms with Gasteiger partial charge in [0.2, 0.25) is 0 Å². The van der Waals surface area contributed by atoms with Crippen LogP contribution in [0.2, 0.25) is 0 Å². The second kappa shape index (κ2) is 11.2. The van der Waals surface area contributed by atoms with Crippen LogP contribution in [0.1, 0.15) is 72.5 Å². The van der Waals surface area contributed by atoms with Gasteiger partial charge in [0.15, 0.2) is 0 Å². The largest absolute Gasteiger partial charge is 0.362 e. The minimum Gasteiger partial charge on any atom is -0.232 e. The minimum atomic E-state index is -0.232. The molecule has 0 aliphatic carbocycles. The lowest BCUT2D eigenvalue weighted by Crippen LogP contribution is -2.22. The van der Waals surface area contributed by atoms with Gasteiger partial charge in [-0.2, -0.15) is 0 Å². The molecule has 1 nitrogen and oxygen atoms in total. The highest BCUT2D eigenvalue weighted by Crippen LogP contribution is 2.20. The maximum absolute atomic E-state index is 13.2. The normalized spacial score (nSPS) is 12.1. The van der Waals surface area contributed by atoms with Crippen molar-refractivity contribution in [3.63, 3.8) is 0 Å². The molecule has 2 aromatic rings. The molecule has 0 fully saturated rings. The van der Waals surface area contributed by atoms with Crippen LogP contribution in [0, 0.1) is 13.8 Å². The fraction of sp³-hybridized carbons (Fsp3) is 0.458. The molecule has 0 aliphatic heterocycles. The zero-order valence-electron chi connectivity index (χ0n) is 16.6. The number of hydrogen-bond acceptors (Lipinski definition) is 1. The Morgan fingerprint density at radius 1 is 0.846 bits per heavy atom. The van der Waals surface area contributed by atoms with E-state index in [9.17, 15) is 4.79 Å². The van der Waals surface area contributed by atoms with Crippen LogP contribution < -0.4 is 0 Å². The van der Waals surface area contributed by atoms with Gasteiger partial charge in [0.05, 0.1) is 16.5 Å². The lowest BCUT2D eigenvalue weighted by atomic mass is 10.1. The zero-order valence-corrected chi connectivity index (χ0v) is 17.4. The molecule has 0 N–H and O–H groups in total. The first-order valence-electron chi connectivity index (χ1n) is 9.94. The number of benzene rings is 2. The number of rotatable bonds is 10. The Balaban J connectivity index is 2.03. The van der Waals surface area contributed by atoms with Gasteiger partial charge < -0.3 is 0 Å². The average molecular weight is 370 g/mol. The number of aryl methyl sites for hydroxylation is 2. The third kappa shape index (κ3) is 6.64. The molecule has 0 saturated carbocycles. The van der Waals surface area contributed by atoms with Crippen LogP contribution in [0.25, 0.3) is 0 Å². The maximum atomic E-state index is 13.2. The van der Waals surface area contributed by atoms with Crippen molar-refractivity contribution in [3.8, 4) is 0 Å². The molecule has 0 spiro atoms. The molecular weight excluding hydrogens is 336 g/mol. The number of hydrogen-bond donors (Lipinski definition) is 0. The number of carbonyl (C=O) groups is 1. The van der Waals surface area contributed by atoms with E-state index in [2.05, 4.69) is 57.2 Å². The van der Waals surface area contributed by atoms with Crippen molar-refractivity contribution in [2.75, 3.05) is 5.75 Å². The minimum absolute atomic E-state index is 0.232. The molecule has 0 saturated heterocycles. The first kappa shape index (κ1) is 20.8. The highest BCUT2D eigenvalue weighted by atomic mass is 32.2. The van der Waals surface area contributed by atoms with E-state index in [0.29, 0.717) is 5.12 Å². The molecule has 0 radical (unpaired) electrons. The van der Waals surface area contributed by atoms with Crippen LogP contribution in [-0.4, -0.2) is 10.9 Å². The van der Waals surface area contributed by atoms with Gasteiger partial charge in [0, 0.05) is 5.56 Å². The molecule has 0 aromatic heterocycles. The topological polar surface area (TPSA) is 17.1 Å². The summed E-state index contributed by atoms with van der Waals surface area (Å²) < 4.78 is 0. The highest BCUT2D eigenvalue weighted by molar-refractivity contribution is 8.10. The molecule has 2 rings (SSSR count). The van der Waals surface area contributed by atoms with Gasteiger partial charge in [-0.25, -0.2) is 4.79 Å². The number of unbranched alkanes of at least 4 members (excludes halogenated alkanes) is 5. The van der Waals surface area contributed by atoms with Crippen molar-refractivity contribution in [1.82, 2.24) is 0 Å². The lowest BCUT2D eigenvalue weighted by molar-refractivity contribution is 0.108. The van der Waals surface area contributed by atoms with E-state index in [1.54, 1.807) is 0 Å². The van der Waals surface area contributed by atoms with Crippen molar-refractivity contribution < 1.29 is 4.79 Å².